The van der Waals surface area contributed by atoms with Crippen molar-refractivity contribution in [3.8, 4) is 5.75 Å². The third-order valence-electron chi connectivity index (χ3n) is 4.66. The molecular weight excluding hydrogens is 309 g/mol. The molecule has 3 aromatic rings. The van der Waals surface area contributed by atoms with E-state index in [0.29, 0.717) is 22.7 Å². The zero-order valence-electron chi connectivity index (χ0n) is 13.3. The van der Waals surface area contributed by atoms with Gasteiger partial charge in [0.15, 0.2) is 5.82 Å². The highest BCUT2D eigenvalue weighted by atomic mass is 19.1. The predicted octanol–water partition coefficient (Wildman–Crippen LogP) is 3.32. The lowest BCUT2D eigenvalue weighted by Gasteiger charge is -2.06. The van der Waals surface area contributed by atoms with Gasteiger partial charge < -0.3 is 5.11 Å². The number of carbonyl (C=O) groups is 1. The van der Waals surface area contributed by atoms with E-state index in [-0.39, 0.29) is 22.9 Å². The van der Waals surface area contributed by atoms with Crippen molar-refractivity contribution >= 4 is 11.6 Å². The fourth-order valence-corrected chi connectivity index (χ4v) is 3.08. The van der Waals surface area contributed by atoms with Gasteiger partial charge in [0.25, 0.3) is 0 Å². The zero-order valence-corrected chi connectivity index (χ0v) is 13.3. The summed E-state index contributed by atoms with van der Waals surface area (Å²) in [5.41, 5.74) is 1.49. The van der Waals surface area contributed by atoms with Crippen LogP contribution in [0, 0.1) is 11.2 Å². The van der Waals surface area contributed by atoms with Crippen LogP contribution in [0.4, 0.5) is 4.39 Å². The summed E-state index contributed by atoms with van der Waals surface area (Å²) in [5, 5.41) is 9.41. The van der Waals surface area contributed by atoms with Crippen LogP contribution in [-0.2, 0) is 0 Å². The fraction of sp³-hybridized carbons (Fsp3) is 0.278. The van der Waals surface area contributed by atoms with Crippen LogP contribution < -0.4 is 0 Å². The summed E-state index contributed by atoms with van der Waals surface area (Å²) in [5.74, 6) is -0.232. The Morgan fingerprint density at radius 3 is 2.62 bits per heavy atom. The van der Waals surface area contributed by atoms with Crippen molar-refractivity contribution in [2.45, 2.75) is 26.2 Å². The topological polar surface area (TPSA) is 67.5 Å². The first-order valence-electron chi connectivity index (χ1n) is 7.74. The van der Waals surface area contributed by atoms with E-state index in [1.54, 1.807) is 12.1 Å². The highest BCUT2D eigenvalue weighted by Gasteiger charge is 2.50. The maximum atomic E-state index is 13.7. The van der Waals surface area contributed by atoms with Gasteiger partial charge in [-0.25, -0.2) is 14.4 Å². The number of imidazole rings is 1. The molecule has 24 heavy (non-hydrogen) atoms. The van der Waals surface area contributed by atoms with E-state index in [0.717, 1.165) is 12.6 Å². The first kappa shape index (κ1) is 14.8. The molecule has 1 aliphatic rings. The number of aromatic nitrogens is 3. The highest BCUT2D eigenvalue weighted by molar-refractivity contribution is 6.09. The second kappa shape index (κ2) is 4.87. The van der Waals surface area contributed by atoms with Crippen molar-refractivity contribution in [2.24, 2.45) is 5.41 Å². The molecule has 0 amide bonds. The van der Waals surface area contributed by atoms with E-state index in [4.69, 9.17) is 0 Å². The Morgan fingerprint density at radius 2 is 2.00 bits per heavy atom. The van der Waals surface area contributed by atoms with Crippen LogP contribution in [0.5, 0.6) is 5.75 Å². The minimum atomic E-state index is -0.527. The van der Waals surface area contributed by atoms with Crippen LogP contribution in [-0.4, -0.2) is 25.3 Å². The van der Waals surface area contributed by atoms with Gasteiger partial charge in [-0.3, -0.25) is 9.20 Å². The summed E-state index contributed by atoms with van der Waals surface area (Å²) < 4.78 is 15.1. The summed E-state index contributed by atoms with van der Waals surface area (Å²) in [6, 6.07) is 6.00. The van der Waals surface area contributed by atoms with Crippen molar-refractivity contribution in [1.29, 1.82) is 0 Å². The number of hydrogen-bond acceptors (Lipinski definition) is 4. The van der Waals surface area contributed by atoms with Crippen molar-refractivity contribution < 1.29 is 14.3 Å². The molecule has 0 spiro atoms. The predicted molar refractivity (Wildman–Crippen MR) is 85.6 cm³/mol. The van der Waals surface area contributed by atoms with Gasteiger partial charge in [-0.2, -0.15) is 0 Å². The molecule has 1 aromatic carbocycles. The molecule has 0 saturated heterocycles. The lowest BCUT2D eigenvalue weighted by Crippen LogP contribution is -2.09. The summed E-state index contributed by atoms with van der Waals surface area (Å²) in [6.45, 7) is 4.23. The van der Waals surface area contributed by atoms with Gasteiger partial charge in [-0.15, -0.1) is 0 Å². The first-order chi connectivity index (χ1) is 11.4. The Kier molecular flexibility index (Phi) is 3.00. The molecule has 1 N–H and O–H groups in total. The third-order valence-corrected chi connectivity index (χ3v) is 4.66. The molecule has 6 heteroatoms. The van der Waals surface area contributed by atoms with E-state index in [9.17, 15) is 14.3 Å². The molecule has 2 aromatic heterocycles. The number of ketones is 1. The second-order valence-corrected chi connectivity index (χ2v) is 6.91. The van der Waals surface area contributed by atoms with Gasteiger partial charge in [0, 0.05) is 11.5 Å². The molecule has 5 nitrogen and oxygen atoms in total. The minimum absolute atomic E-state index is 0.0699. The summed E-state index contributed by atoms with van der Waals surface area (Å²) in [6.07, 6.45) is 3.26. The maximum absolute atomic E-state index is 13.7. The van der Waals surface area contributed by atoms with Gasteiger partial charge in [0.05, 0.1) is 18.1 Å². The molecule has 4 rings (SSSR count). The molecule has 1 unspecified atom stereocenters. The lowest BCUT2D eigenvalue weighted by molar-refractivity contribution is 0.103. The number of phenols is 1. The van der Waals surface area contributed by atoms with Gasteiger partial charge in [-0.05, 0) is 36.1 Å². The smallest absolute Gasteiger partial charge is 0.234 e. The zero-order chi connectivity index (χ0) is 17.1. The SMILES string of the molecule is CC1(C)CC1c1nc2ncc(F)cn2c1C(=O)c1ccc(O)cc1. The Bertz CT molecular complexity index is 960. The lowest BCUT2D eigenvalue weighted by atomic mass is 10.0. The largest absolute Gasteiger partial charge is 0.508 e. The minimum Gasteiger partial charge on any atom is -0.508 e. The summed E-state index contributed by atoms with van der Waals surface area (Å²) in [4.78, 5) is 21.5. The van der Waals surface area contributed by atoms with Gasteiger partial charge in [-0.1, -0.05) is 13.8 Å². The van der Waals surface area contributed by atoms with E-state index < -0.39 is 5.82 Å². The quantitative estimate of drug-likeness (QED) is 0.750. The van der Waals surface area contributed by atoms with E-state index in [1.165, 1.54) is 22.7 Å². The van der Waals surface area contributed by atoms with Gasteiger partial charge >= 0.3 is 0 Å². The maximum Gasteiger partial charge on any atom is 0.234 e. The standard InChI is InChI=1S/C18H16FN3O2/c1-18(2)7-13(18)14-15(16(24)10-3-5-12(23)6-4-10)22-9-11(19)8-20-17(22)21-14/h3-6,8-9,13,23H,7H2,1-2H3. The summed E-state index contributed by atoms with van der Waals surface area (Å²) in [7, 11) is 0. The Labute approximate surface area is 137 Å². The van der Waals surface area contributed by atoms with Crippen LogP contribution in [0.3, 0.4) is 0 Å². The number of hydrogen-bond donors (Lipinski definition) is 1. The van der Waals surface area contributed by atoms with Crippen molar-refractivity contribution in [1.82, 2.24) is 14.4 Å². The van der Waals surface area contributed by atoms with E-state index >= 15 is 0 Å². The summed E-state index contributed by atoms with van der Waals surface area (Å²) >= 11 is 0. The number of aromatic hydroxyl groups is 1. The third kappa shape index (κ3) is 2.26. The van der Waals surface area contributed by atoms with Crippen LogP contribution in [0.25, 0.3) is 5.78 Å². The number of rotatable bonds is 3. The van der Waals surface area contributed by atoms with Crippen LogP contribution in [0.1, 0.15) is 47.9 Å². The molecule has 2 heterocycles. The second-order valence-electron chi connectivity index (χ2n) is 6.91. The monoisotopic (exact) mass is 325 g/mol. The van der Waals surface area contributed by atoms with Gasteiger partial charge in [0.2, 0.25) is 11.6 Å². The molecule has 0 radical (unpaired) electrons. The average molecular weight is 325 g/mol. The Morgan fingerprint density at radius 1 is 1.33 bits per heavy atom. The van der Waals surface area contributed by atoms with Crippen molar-refractivity contribution in [3.63, 3.8) is 0 Å². The van der Waals surface area contributed by atoms with Crippen LogP contribution in [0.2, 0.25) is 0 Å². The molecule has 1 fully saturated rings. The molecule has 0 aliphatic heterocycles. The van der Waals surface area contributed by atoms with Crippen molar-refractivity contribution in [3.05, 3.63) is 59.4 Å². The number of carbonyl (C=O) groups excluding carboxylic acids is 1. The number of nitrogens with zero attached hydrogens (tertiary/aromatic N) is 3. The van der Waals surface area contributed by atoms with Crippen LogP contribution in [0.15, 0.2) is 36.7 Å². The fourth-order valence-electron chi connectivity index (χ4n) is 3.08. The highest BCUT2D eigenvalue weighted by Crippen LogP contribution is 2.59. The Balaban J connectivity index is 1.91. The van der Waals surface area contributed by atoms with Gasteiger partial charge in [0.1, 0.15) is 11.4 Å². The molecular formula is C18H16FN3O2. The average Bonchev–Trinajstić information content (AvgIpc) is 3.02. The normalized spacial score (nSPS) is 18.7. The first-order valence-corrected chi connectivity index (χ1v) is 7.74. The molecule has 1 atom stereocenters. The Hall–Kier alpha value is -2.76. The molecule has 122 valence electrons. The molecule has 1 aliphatic carbocycles. The number of benzene rings is 1. The number of phenolic OH excluding ortho intramolecular Hbond substituents is 1. The molecule has 0 bridgehead atoms. The van der Waals surface area contributed by atoms with E-state index in [1.807, 2.05) is 0 Å². The van der Waals surface area contributed by atoms with E-state index in [2.05, 4.69) is 23.8 Å². The number of fused-ring (bicyclic) bond motifs is 1. The number of halogens is 1. The van der Waals surface area contributed by atoms with Crippen molar-refractivity contribution in [2.75, 3.05) is 0 Å². The molecule has 1 saturated carbocycles. The van der Waals surface area contributed by atoms with Crippen LogP contribution >= 0.6 is 0 Å².